The zero-order valence-corrected chi connectivity index (χ0v) is 11.8. The molecule has 1 atom stereocenters. The smallest absolute Gasteiger partial charge is 0.132 e. The first kappa shape index (κ1) is 12.8. The van der Waals surface area contributed by atoms with Crippen molar-refractivity contribution in [1.29, 1.82) is 0 Å². The van der Waals surface area contributed by atoms with Crippen molar-refractivity contribution in [3.63, 3.8) is 0 Å². The number of hydrogen-bond donors (Lipinski definition) is 1. The summed E-state index contributed by atoms with van der Waals surface area (Å²) in [5, 5.41) is 0. The van der Waals surface area contributed by atoms with Gasteiger partial charge in [0.05, 0.1) is 0 Å². The molecule has 5 nitrogen and oxygen atoms in total. The molecule has 1 saturated heterocycles. The van der Waals surface area contributed by atoms with Crippen LogP contribution in [0.5, 0.6) is 0 Å². The van der Waals surface area contributed by atoms with Gasteiger partial charge in [0.1, 0.15) is 11.6 Å². The summed E-state index contributed by atoms with van der Waals surface area (Å²) in [5.41, 5.74) is 7.06. The van der Waals surface area contributed by atoms with E-state index in [0.717, 1.165) is 37.6 Å². The summed E-state index contributed by atoms with van der Waals surface area (Å²) in [6.07, 6.45) is 3.40. The number of aromatic nitrogens is 2. The van der Waals surface area contributed by atoms with Gasteiger partial charge in [-0.05, 0) is 26.9 Å². The second kappa shape index (κ2) is 5.06. The molecule has 1 aromatic heterocycles. The molecule has 0 spiro atoms. The van der Waals surface area contributed by atoms with E-state index in [-0.39, 0.29) is 0 Å². The molecule has 2 aliphatic rings. The van der Waals surface area contributed by atoms with Crippen LogP contribution in [0, 0.1) is 0 Å². The summed E-state index contributed by atoms with van der Waals surface area (Å²) in [6, 6.07) is 2.44. The summed E-state index contributed by atoms with van der Waals surface area (Å²) in [6.45, 7) is 3.32. The fourth-order valence-corrected chi connectivity index (χ4v) is 2.75. The van der Waals surface area contributed by atoms with Crippen LogP contribution >= 0.6 is 0 Å². The number of nitrogens with zero attached hydrogens (tertiary/aromatic N) is 4. The van der Waals surface area contributed by atoms with E-state index in [1.807, 2.05) is 6.07 Å². The Hall–Kier alpha value is -1.20. The van der Waals surface area contributed by atoms with Crippen LogP contribution in [0.2, 0.25) is 0 Å². The van der Waals surface area contributed by atoms with Crippen molar-refractivity contribution in [2.75, 3.05) is 39.5 Å². The first-order chi connectivity index (χ1) is 9.11. The van der Waals surface area contributed by atoms with Crippen molar-refractivity contribution in [3.8, 4) is 0 Å². The molecule has 2 fully saturated rings. The SMILES string of the molecule is CN1CCN(C)C(Cc2nc(N)cc(C3CC3)n2)C1. The molecule has 0 radical (unpaired) electrons. The summed E-state index contributed by atoms with van der Waals surface area (Å²) in [4.78, 5) is 13.9. The lowest BCUT2D eigenvalue weighted by Gasteiger charge is -2.37. The van der Waals surface area contributed by atoms with Crippen molar-refractivity contribution in [3.05, 3.63) is 17.6 Å². The number of nitrogen functional groups attached to an aromatic ring is 1. The Labute approximate surface area is 114 Å². The summed E-state index contributed by atoms with van der Waals surface area (Å²) < 4.78 is 0. The van der Waals surface area contributed by atoms with Crippen LogP contribution in [0.25, 0.3) is 0 Å². The molecule has 104 valence electrons. The third-order valence-corrected chi connectivity index (χ3v) is 4.21. The maximum atomic E-state index is 5.92. The summed E-state index contributed by atoms with van der Waals surface area (Å²) >= 11 is 0. The third kappa shape index (κ3) is 3.04. The van der Waals surface area contributed by atoms with Gasteiger partial charge in [-0.2, -0.15) is 0 Å². The highest BCUT2D eigenvalue weighted by Gasteiger charge is 2.27. The molecule has 5 heteroatoms. The fraction of sp³-hybridized carbons (Fsp3) is 0.714. The number of likely N-dealkylation sites (N-methyl/N-ethyl adjacent to an activating group) is 2. The van der Waals surface area contributed by atoms with Gasteiger partial charge in [-0.1, -0.05) is 0 Å². The van der Waals surface area contributed by atoms with E-state index in [0.29, 0.717) is 17.8 Å². The predicted octanol–water partition coefficient (Wildman–Crippen LogP) is 0.725. The number of hydrogen-bond acceptors (Lipinski definition) is 5. The van der Waals surface area contributed by atoms with E-state index in [1.54, 1.807) is 0 Å². The minimum absolute atomic E-state index is 0.493. The average molecular weight is 261 g/mol. The molecular weight excluding hydrogens is 238 g/mol. The van der Waals surface area contributed by atoms with E-state index in [2.05, 4.69) is 28.9 Å². The van der Waals surface area contributed by atoms with Gasteiger partial charge in [-0.25, -0.2) is 9.97 Å². The minimum atomic E-state index is 0.493. The van der Waals surface area contributed by atoms with Crippen molar-refractivity contribution < 1.29 is 0 Å². The molecule has 2 heterocycles. The summed E-state index contributed by atoms with van der Waals surface area (Å²) in [5.74, 6) is 2.17. The average Bonchev–Trinajstić information content (AvgIpc) is 3.17. The van der Waals surface area contributed by atoms with Gasteiger partial charge in [0.2, 0.25) is 0 Å². The Morgan fingerprint density at radius 3 is 2.79 bits per heavy atom. The Morgan fingerprint density at radius 1 is 1.26 bits per heavy atom. The number of rotatable bonds is 3. The molecule has 0 bridgehead atoms. The highest BCUT2D eigenvalue weighted by atomic mass is 15.3. The number of nitrogens with two attached hydrogens (primary N) is 1. The highest BCUT2D eigenvalue weighted by molar-refractivity contribution is 5.33. The van der Waals surface area contributed by atoms with Crippen molar-refractivity contribution in [1.82, 2.24) is 19.8 Å². The molecular formula is C14H23N5. The molecule has 1 unspecified atom stereocenters. The molecule has 2 N–H and O–H groups in total. The fourth-order valence-electron chi connectivity index (χ4n) is 2.75. The topological polar surface area (TPSA) is 58.3 Å². The lowest BCUT2D eigenvalue weighted by Crippen LogP contribution is -2.51. The van der Waals surface area contributed by atoms with Crippen LogP contribution < -0.4 is 5.73 Å². The zero-order valence-electron chi connectivity index (χ0n) is 11.8. The van der Waals surface area contributed by atoms with Gasteiger partial charge in [-0.15, -0.1) is 0 Å². The number of piperazine rings is 1. The zero-order chi connectivity index (χ0) is 13.4. The van der Waals surface area contributed by atoms with E-state index in [1.165, 1.54) is 12.8 Å². The van der Waals surface area contributed by atoms with E-state index in [9.17, 15) is 0 Å². The molecule has 1 aliphatic heterocycles. The van der Waals surface area contributed by atoms with Gasteiger partial charge in [0.25, 0.3) is 0 Å². The largest absolute Gasteiger partial charge is 0.384 e. The van der Waals surface area contributed by atoms with Crippen molar-refractivity contribution >= 4 is 5.82 Å². The summed E-state index contributed by atoms with van der Waals surface area (Å²) in [7, 11) is 4.36. The first-order valence-corrected chi connectivity index (χ1v) is 7.14. The van der Waals surface area contributed by atoms with Gasteiger partial charge >= 0.3 is 0 Å². The van der Waals surface area contributed by atoms with Gasteiger partial charge in [0, 0.05) is 49.8 Å². The van der Waals surface area contributed by atoms with Crippen LogP contribution in [0.15, 0.2) is 6.07 Å². The maximum Gasteiger partial charge on any atom is 0.132 e. The quantitative estimate of drug-likeness (QED) is 0.869. The van der Waals surface area contributed by atoms with Crippen LogP contribution in [-0.2, 0) is 6.42 Å². The minimum Gasteiger partial charge on any atom is -0.384 e. The lowest BCUT2D eigenvalue weighted by molar-refractivity contribution is 0.113. The Morgan fingerprint density at radius 2 is 2.05 bits per heavy atom. The Bertz CT molecular complexity index is 457. The lowest BCUT2D eigenvalue weighted by atomic mass is 10.1. The molecule has 19 heavy (non-hydrogen) atoms. The van der Waals surface area contributed by atoms with Crippen LogP contribution in [-0.4, -0.2) is 59.5 Å². The molecule has 1 saturated carbocycles. The monoisotopic (exact) mass is 261 g/mol. The molecule has 1 aliphatic carbocycles. The Kier molecular flexibility index (Phi) is 3.41. The van der Waals surface area contributed by atoms with Gasteiger partial charge in [-0.3, -0.25) is 0 Å². The second-order valence-electron chi connectivity index (χ2n) is 6.01. The van der Waals surface area contributed by atoms with Crippen molar-refractivity contribution in [2.45, 2.75) is 31.2 Å². The maximum absolute atomic E-state index is 5.92. The third-order valence-electron chi connectivity index (χ3n) is 4.21. The van der Waals surface area contributed by atoms with Crippen LogP contribution in [0.3, 0.4) is 0 Å². The molecule has 0 aromatic carbocycles. The van der Waals surface area contributed by atoms with Gasteiger partial charge in [0.15, 0.2) is 0 Å². The normalized spacial score (nSPS) is 25.7. The standard InChI is InChI=1S/C14H23N5/c1-18-5-6-19(2)11(9-18)7-14-16-12(10-3-4-10)8-13(15)17-14/h8,10-11H,3-7,9H2,1-2H3,(H2,15,16,17). The van der Waals surface area contributed by atoms with Crippen molar-refractivity contribution in [2.24, 2.45) is 0 Å². The van der Waals surface area contributed by atoms with Crippen LogP contribution in [0.4, 0.5) is 5.82 Å². The van der Waals surface area contributed by atoms with E-state index >= 15 is 0 Å². The van der Waals surface area contributed by atoms with E-state index in [4.69, 9.17) is 10.7 Å². The first-order valence-electron chi connectivity index (χ1n) is 7.14. The number of anilines is 1. The molecule has 0 amide bonds. The molecule has 3 rings (SSSR count). The molecule has 1 aromatic rings. The Balaban J connectivity index is 1.74. The van der Waals surface area contributed by atoms with Crippen LogP contribution in [0.1, 0.15) is 30.3 Å². The second-order valence-corrected chi connectivity index (χ2v) is 6.01. The van der Waals surface area contributed by atoms with E-state index < -0.39 is 0 Å². The predicted molar refractivity (Wildman–Crippen MR) is 76.0 cm³/mol. The highest BCUT2D eigenvalue weighted by Crippen LogP contribution is 2.39. The van der Waals surface area contributed by atoms with Gasteiger partial charge < -0.3 is 15.5 Å².